The van der Waals surface area contributed by atoms with Gasteiger partial charge in [-0.2, -0.15) is 9.97 Å². The number of benzene rings is 1. The second kappa shape index (κ2) is 10.6. The second-order valence-electron chi connectivity index (χ2n) is 12.0. The number of likely N-dealkylation sites (tertiary alicyclic amines) is 1. The lowest BCUT2D eigenvalue weighted by Gasteiger charge is -2.35. The van der Waals surface area contributed by atoms with Crippen LogP contribution in [0, 0.1) is 5.82 Å². The summed E-state index contributed by atoms with van der Waals surface area (Å²) in [5.74, 6) is 0.0691. The Morgan fingerprint density at radius 3 is 2.77 bits per heavy atom. The number of aromatic nitrogens is 2. The summed E-state index contributed by atoms with van der Waals surface area (Å²) in [4.78, 5) is 28.2. The summed E-state index contributed by atoms with van der Waals surface area (Å²) in [6.45, 7) is 12.2. The van der Waals surface area contributed by atoms with E-state index in [9.17, 15) is 9.18 Å². The molecule has 0 saturated carbocycles. The summed E-state index contributed by atoms with van der Waals surface area (Å²) in [6.07, 6.45) is 1.78. The fraction of sp³-hybridized carbons (Fsp3) is 0.679. The first-order valence-corrected chi connectivity index (χ1v) is 14.7. The van der Waals surface area contributed by atoms with Crippen LogP contribution in [0.2, 0.25) is 0 Å². The zero-order valence-corrected chi connectivity index (χ0v) is 24.9. The number of carbonyl (C=O) groups excluding carboxylic acids is 1. The fourth-order valence-electron chi connectivity index (χ4n) is 6.49. The molecule has 1 aromatic carbocycles. The Labute approximate surface area is 237 Å². The maximum atomic E-state index is 15.4. The predicted octanol–water partition coefficient (Wildman–Crippen LogP) is 5.71. The standard InChI is InChI=1S/C28H38BrF2N5O3/c1-6-35(21-10-13-36(17(21)2)26(37)39-27(3,4)5)24-19-8-9-20(29)22(31)23(19)32-25(33-24)38-16-28-11-7-12-34(28)15-18(30)14-28/h8-9,17-18,21H,6-7,10-16H2,1-5H3/t17-,18-,21-,28+/m1/s1. The van der Waals surface area contributed by atoms with Crippen molar-refractivity contribution in [2.24, 2.45) is 0 Å². The lowest BCUT2D eigenvalue weighted by molar-refractivity contribution is 0.0233. The van der Waals surface area contributed by atoms with Crippen LogP contribution in [0.25, 0.3) is 10.9 Å². The molecule has 1 aromatic heterocycles. The summed E-state index contributed by atoms with van der Waals surface area (Å²) < 4.78 is 41.8. The predicted molar refractivity (Wildman–Crippen MR) is 150 cm³/mol. The van der Waals surface area contributed by atoms with Gasteiger partial charge in [0.1, 0.15) is 29.7 Å². The number of likely N-dealkylation sites (N-methyl/N-ethyl adjacent to an activating group) is 1. The monoisotopic (exact) mass is 609 g/mol. The van der Waals surface area contributed by atoms with Crippen LogP contribution in [0.3, 0.4) is 0 Å². The summed E-state index contributed by atoms with van der Waals surface area (Å²) in [6, 6.07) is 3.31. The molecule has 4 heterocycles. The van der Waals surface area contributed by atoms with Crippen molar-refractivity contribution in [3.05, 3.63) is 22.4 Å². The minimum absolute atomic E-state index is 0.0637. The maximum absolute atomic E-state index is 15.4. The third-order valence-corrected chi connectivity index (χ3v) is 8.92. The van der Waals surface area contributed by atoms with Crippen molar-refractivity contribution >= 4 is 38.7 Å². The van der Waals surface area contributed by atoms with E-state index in [1.54, 1.807) is 17.0 Å². The van der Waals surface area contributed by atoms with Crippen molar-refractivity contribution in [1.29, 1.82) is 0 Å². The van der Waals surface area contributed by atoms with Crippen molar-refractivity contribution < 1.29 is 23.0 Å². The van der Waals surface area contributed by atoms with E-state index in [-0.39, 0.29) is 41.8 Å². The number of nitrogens with zero attached hydrogens (tertiary/aromatic N) is 5. The number of hydrogen-bond acceptors (Lipinski definition) is 7. The smallest absolute Gasteiger partial charge is 0.410 e. The Bertz CT molecular complexity index is 1240. The van der Waals surface area contributed by atoms with Gasteiger partial charge < -0.3 is 19.3 Å². The lowest BCUT2D eigenvalue weighted by atomic mass is 9.95. The largest absolute Gasteiger partial charge is 0.461 e. The molecular formula is C28H38BrF2N5O3. The molecule has 4 atom stereocenters. The molecule has 0 N–H and O–H groups in total. The first-order valence-electron chi connectivity index (χ1n) is 13.9. The first-order chi connectivity index (χ1) is 18.4. The van der Waals surface area contributed by atoms with Gasteiger partial charge in [0.15, 0.2) is 5.82 Å². The first kappa shape index (κ1) is 28.3. The third kappa shape index (κ3) is 5.40. The molecule has 8 nitrogen and oxygen atoms in total. The van der Waals surface area contributed by atoms with E-state index in [0.29, 0.717) is 48.2 Å². The average molecular weight is 611 g/mol. The number of halogens is 3. The van der Waals surface area contributed by atoms with E-state index in [1.807, 2.05) is 34.6 Å². The van der Waals surface area contributed by atoms with Gasteiger partial charge >= 0.3 is 12.1 Å². The van der Waals surface area contributed by atoms with E-state index in [4.69, 9.17) is 14.5 Å². The average Bonchev–Trinajstić information content (AvgIpc) is 3.52. The third-order valence-electron chi connectivity index (χ3n) is 8.31. The molecule has 0 unspecified atom stereocenters. The molecule has 214 valence electrons. The van der Waals surface area contributed by atoms with Crippen molar-refractivity contribution in [2.45, 2.75) is 89.7 Å². The summed E-state index contributed by atoms with van der Waals surface area (Å²) in [5, 5.41) is 0.568. The van der Waals surface area contributed by atoms with Gasteiger partial charge in [0.05, 0.1) is 22.1 Å². The second-order valence-corrected chi connectivity index (χ2v) is 12.9. The number of hydrogen-bond donors (Lipinski definition) is 0. The minimum atomic E-state index is -0.872. The SMILES string of the molecule is CCN(c1nc(OC[C@@]23CCCN2C[C@H](F)C3)nc2c(F)c(Br)ccc12)[C@@H]1CCN(C(=O)OC(C)(C)C)[C@@H]1C. The van der Waals surface area contributed by atoms with E-state index < -0.39 is 17.6 Å². The van der Waals surface area contributed by atoms with E-state index >= 15 is 4.39 Å². The highest BCUT2D eigenvalue weighted by Gasteiger charge is 2.49. The van der Waals surface area contributed by atoms with Crippen molar-refractivity contribution in [3.63, 3.8) is 0 Å². The van der Waals surface area contributed by atoms with Gasteiger partial charge in [0.25, 0.3) is 0 Å². The van der Waals surface area contributed by atoms with Crippen LogP contribution in [0.1, 0.15) is 60.3 Å². The molecule has 5 rings (SSSR count). The highest BCUT2D eigenvalue weighted by atomic mass is 79.9. The van der Waals surface area contributed by atoms with Gasteiger partial charge in [-0.15, -0.1) is 0 Å². The molecule has 3 aliphatic heterocycles. The van der Waals surface area contributed by atoms with Crippen LogP contribution in [0.5, 0.6) is 6.01 Å². The molecule has 0 aliphatic carbocycles. The molecule has 39 heavy (non-hydrogen) atoms. The zero-order valence-electron chi connectivity index (χ0n) is 23.3. The number of fused-ring (bicyclic) bond motifs is 2. The Balaban J connectivity index is 1.47. The molecule has 0 radical (unpaired) electrons. The quantitative estimate of drug-likeness (QED) is 0.415. The molecule has 11 heteroatoms. The topological polar surface area (TPSA) is 71.0 Å². The Hall–Kier alpha value is -2.27. The number of amides is 1. The lowest BCUT2D eigenvalue weighted by Crippen LogP contribution is -2.47. The number of ether oxygens (including phenoxy) is 2. The maximum Gasteiger partial charge on any atom is 0.410 e. The Morgan fingerprint density at radius 2 is 2.05 bits per heavy atom. The van der Waals surface area contributed by atoms with Gasteiger partial charge in [-0.25, -0.2) is 13.6 Å². The van der Waals surface area contributed by atoms with Crippen LogP contribution < -0.4 is 9.64 Å². The zero-order chi connectivity index (χ0) is 28.1. The van der Waals surface area contributed by atoms with Gasteiger partial charge in [0.2, 0.25) is 0 Å². The van der Waals surface area contributed by atoms with Gasteiger partial charge in [-0.3, -0.25) is 4.90 Å². The van der Waals surface area contributed by atoms with Crippen LogP contribution in [-0.2, 0) is 4.74 Å². The minimum Gasteiger partial charge on any atom is -0.461 e. The number of rotatable bonds is 6. The molecule has 2 aromatic rings. The fourth-order valence-corrected chi connectivity index (χ4v) is 6.81. The van der Waals surface area contributed by atoms with E-state index in [2.05, 4.69) is 30.7 Å². The van der Waals surface area contributed by atoms with Crippen LogP contribution in [-0.4, -0.2) is 88.0 Å². The molecule has 3 aliphatic rings. The number of anilines is 1. The highest BCUT2D eigenvalue weighted by Crippen LogP contribution is 2.41. The van der Waals surface area contributed by atoms with Crippen molar-refractivity contribution in [3.8, 4) is 6.01 Å². The Morgan fingerprint density at radius 1 is 1.28 bits per heavy atom. The Kier molecular flexibility index (Phi) is 7.69. The van der Waals surface area contributed by atoms with E-state index in [1.165, 1.54) is 0 Å². The molecule has 3 fully saturated rings. The van der Waals surface area contributed by atoms with Crippen LogP contribution in [0.15, 0.2) is 16.6 Å². The summed E-state index contributed by atoms with van der Waals surface area (Å²) in [7, 11) is 0. The van der Waals surface area contributed by atoms with Gasteiger partial charge in [-0.05, 0) is 88.5 Å². The highest BCUT2D eigenvalue weighted by molar-refractivity contribution is 9.10. The number of alkyl halides is 1. The molecule has 0 spiro atoms. The molecule has 1 amide bonds. The van der Waals surface area contributed by atoms with Gasteiger partial charge in [-0.1, -0.05) is 0 Å². The molecular weight excluding hydrogens is 572 g/mol. The summed E-state index contributed by atoms with van der Waals surface area (Å²) in [5.41, 5.74) is -0.797. The van der Waals surface area contributed by atoms with Crippen LogP contribution >= 0.6 is 15.9 Å². The van der Waals surface area contributed by atoms with E-state index in [0.717, 1.165) is 19.4 Å². The molecule has 0 bridgehead atoms. The summed E-state index contributed by atoms with van der Waals surface area (Å²) >= 11 is 3.28. The van der Waals surface area contributed by atoms with Gasteiger partial charge in [0, 0.05) is 31.4 Å². The normalized spacial score (nSPS) is 27.3. The van der Waals surface area contributed by atoms with Crippen LogP contribution in [0.4, 0.5) is 19.4 Å². The number of carbonyl (C=O) groups is 1. The van der Waals surface area contributed by atoms with Crippen molar-refractivity contribution in [1.82, 2.24) is 19.8 Å². The van der Waals surface area contributed by atoms with Crippen molar-refractivity contribution in [2.75, 3.05) is 37.7 Å². The molecule has 3 saturated heterocycles.